The molecular formula is C41H49N7O8S. The SMILES string of the molecule is C=CC1CC1(NC(=O)[C@@H]1C[C@@H]2CN1C(=O)[C@H](C(C)(C)C)NC(=O)OC/C=C/CCN(C)c1cnn2c(=O)c1-c1ccc2ccccc2c1)C(=O)NS(=O)(=O)C1CC1. The quantitative estimate of drug-likeness (QED) is 0.299. The molecule has 3 aliphatic heterocycles. The third kappa shape index (κ3) is 7.91. The third-order valence-electron chi connectivity index (χ3n) is 11.4. The zero-order valence-corrected chi connectivity index (χ0v) is 33.4. The minimum Gasteiger partial charge on any atom is -0.445 e. The molecule has 2 aromatic carbocycles. The normalized spacial score (nSPS) is 26.2. The highest BCUT2D eigenvalue weighted by atomic mass is 32.2. The number of sulfonamides is 1. The fourth-order valence-electron chi connectivity index (χ4n) is 7.80. The number of hydrogen-bond acceptors (Lipinski definition) is 10. The predicted octanol–water partition coefficient (Wildman–Crippen LogP) is 3.41. The molecule has 4 bridgehead atoms. The fraction of sp³-hybridized carbons (Fsp3) is 0.463. The summed E-state index contributed by atoms with van der Waals surface area (Å²) < 4.78 is 34.4. The van der Waals surface area contributed by atoms with Crippen molar-refractivity contribution < 1.29 is 32.3 Å². The molecule has 4 amide bonds. The van der Waals surface area contributed by atoms with Crippen molar-refractivity contribution in [3.05, 3.63) is 83.8 Å². The van der Waals surface area contributed by atoms with Gasteiger partial charge in [-0.3, -0.25) is 23.9 Å². The molecule has 1 saturated heterocycles. The Morgan fingerprint density at radius 2 is 1.81 bits per heavy atom. The zero-order chi connectivity index (χ0) is 40.9. The van der Waals surface area contributed by atoms with E-state index in [0.29, 0.717) is 42.6 Å². The average molecular weight is 800 g/mol. The van der Waals surface area contributed by atoms with Gasteiger partial charge in [-0.05, 0) is 53.5 Å². The smallest absolute Gasteiger partial charge is 0.408 e. The van der Waals surface area contributed by atoms with Crippen molar-refractivity contribution in [2.75, 3.05) is 31.6 Å². The zero-order valence-electron chi connectivity index (χ0n) is 32.6. The maximum Gasteiger partial charge on any atom is 0.408 e. The van der Waals surface area contributed by atoms with Crippen LogP contribution in [0.5, 0.6) is 0 Å². The van der Waals surface area contributed by atoms with E-state index in [9.17, 15) is 32.4 Å². The second kappa shape index (κ2) is 15.1. The molecular weight excluding hydrogens is 751 g/mol. The lowest BCUT2D eigenvalue weighted by Crippen LogP contribution is -2.60. The summed E-state index contributed by atoms with van der Waals surface area (Å²) in [6, 6.07) is 10.4. The van der Waals surface area contributed by atoms with Crippen LogP contribution in [0.25, 0.3) is 21.9 Å². The first-order valence-corrected chi connectivity index (χ1v) is 20.8. The van der Waals surface area contributed by atoms with Gasteiger partial charge in [0.2, 0.25) is 21.8 Å². The summed E-state index contributed by atoms with van der Waals surface area (Å²) >= 11 is 0. The molecule has 3 aromatic rings. The number of alkyl carbamates (subject to hydrolysis) is 1. The van der Waals surface area contributed by atoms with Gasteiger partial charge >= 0.3 is 6.09 Å². The van der Waals surface area contributed by atoms with Crippen molar-refractivity contribution in [1.29, 1.82) is 0 Å². The first kappa shape index (κ1) is 39.7. The molecule has 3 fully saturated rings. The van der Waals surface area contributed by atoms with E-state index in [1.807, 2.05) is 60.5 Å². The first-order chi connectivity index (χ1) is 27.0. The lowest BCUT2D eigenvalue weighted by Gasteiger charge is -2.35. The number of benzene rings is 2. The lowest BCUT2D eigenvalue weighted by molar-refractivity contribution is -0.142. The maximum atomic E-state index is 14.8. The fourth-order valence-corrected chi connectivity index (χ4v) is 9.16. The Kier molecular flexibility index (Phi) is 10.5. The maximum absolute atomic E-state index is 14.8. The molecule has 57 heavy (non-hydrogen) atoms. The Morgan fingerprint density at radius 1 is 1.07 bits per heavy atom. The molecule has 4 heterocycles. The summed E-state index contributed by atoms with van der Waals surface area (Å²) in [6.45, 7) is 9.39. The van der Waals surface area contributed by atoms with Gasteiger partial charge in [-0.25, -0.2) is 17.9 Å². The monoisotopic (exact) mass is 799 g/mol. The van der Waals surface area contributed by atoms with Gasteiger partial charge in [0, 0.05) is 32.5 Å². The molecule has 16 heteroatoms. The number of carbonyl (C=O) groups is 4. The molecule has 8 rings (SSSR count). The van der Waals surface area contributed by atoms with E-state index in [0.717, 1.165) is 10.8 Å². The van der Waals surface area contributed by atoms with Crippen LogP contribution in [0.15, 0.2) is 78.3 Å². The van der Waals surface area contributed by atoms with Crippen LogP contribution in [0.1, 0.15) is 58.9 Å². The van der Waals surface area contributed by atoms with Gasteiger partial charge in [0.25, 0.3) is 11.5 Å². The van der Waals surface area contributed by atoms with Crippen LogP contribution < -0.4 is 25.8 Å². The first-order valence-electron chi connectivity index (χ1n) is 19.3. The van der Waals surface area contributed by atoms with E-state index in [-0.39, 0.29) is 26.0 Å². The molecule has 3 N–H and O–H groups in total. The predicted molar refractivity (Wildman–Crippen MR) is 215 cm³/mol. The minimum atomic E-state index is -3.94. The van der Waals surface area contributed by atoms with Gasteiger partial charge in [0.15, 0.2) is 0 Å². The molecule has 302 valence electrons. The summed E-state index contributed by atoms with van der Waals surface area (Å²) in [5, 5.41) is 11.4. The van der Waals surface area contributed by atoms with E-state index in [1.165, 1.54) is 15.7 Å². The van der Waals surface area contributed by atoms with E-state index in [1.54, 1.807) is 33.0 Å². The topological polar surface area (TPSA) is 189 Å². The Bertz CT molecular complexity index is 2330. The highest BCUT2D eigenvalue weighted by Gasteiger charge is 2.62. The molecule has 5 aliphatic rings. The van der Waals surface area contributed by atoms with E-state index in [2.05, 4.69) is 27.0 Å². The molecule has 2 aliphatic carbocycles. The van der Waals surface area contributed by atoms with Crippen molar-refractivity contribution in [2.24, 2.45) is 11.3 Å². The average Bonchev–Trinajstić information content (AvgIpc) is 4.10. The Balaban J connectivity index is 1.30. The molecule has 5 atom stereocenters. The van der Waals surface area contributed by atoms with Gasteiger partial charge in [-0.2, -0.15) is 5.10 Å². The lowest BCUT2D eigenvalue weighted by atomic mass is 9.85. The molecule has 15 nitrogen and oxygen atoms in total. The molecule has 2 unspecified atom stereocenters. The number of nitrogens with one attached hydrogen (secondary N) is 3. The summed E-state index contributed by atoms with van der Waals surface area (Å²) in [7, 11) is -2.08. The van der Waals surface area contributed by atoms with Crippen molar-refractivity contribution in [3.8, 4) is 11.1 Å². The largest absolute Gasteiger partial charge is 0.445 e. The van der Waals surface area contributed by atoms with Crippen molar-refractivity contribution in [1.82, 2.24) is 30.0 Å². The third-order valence-corrected chi connectivity index (χ3v) is 13.2. The van der Waals surface area contributed by atoms with Gasteiger partial charge < -0.3 is 25.2 Å². The van der Waals surface area contributed by atoms with Gasteiger partial charge in [-0.15, -0.1) is 6.58 Å². The van der Waals surface area contributed by atoms with Gasteiger partial charge in [-0.1, -0.05) is 75.4 Å². The molecule has 0 spiro atoms. The summed E-state index contributed by atoms with van der Waals surface area (Å²) in [6.07, 6.45) is 7.33. The highest BCUT2D eigenvalue weighted by molar-refractivity contribution is 7.91. The second-order valence-electron chi connectivity index (χ2n) is 16.5. The summed E-state index contributed by atoms with van der Waals surface area (Å²) in [5.74, 6) is -2.77. The highest BCUT2D eigenvalue weighted by Crippen LogP contribution is 2.46. The molecule has 2 saturated carbocycles. The van der Waals surface area contributed by atoms with Crippen molar-refractivity contribution >= 4 is 50.3 Å². The number of nitrogens with zero attached hydrogens (tertiary/aromatic N) is 4. The minimum absolute atomic E-state index is 0.0531. The number of hydrogen-bond donors (Lipinski definition) is 3. The van der Waals surface area contributed by atoms with Crippen LogP contribution in [0.3, 0.4) is 0 Å². The van der Waals surface area contributed by atoms with Gasteiger partial charge in [0.1, 0.15) is 24.2 Å². The number of amides is 4. The van der Waals surface area contributed by atoms with Crippen LogP contribution in [0, 0.1) is 11.3 Å². The number of carbonyl (C=O) groups excluding carboxylic acids is 4. The van der Waals surface area contributed by atoms with Crippen LogP contribution in [-0.4, -0.2) is 96.5 Å². The number of aromatic nitrogens is 2. The standard InChI is InChI=1S/C41H49N7O8S/c1-6-28-22-41(28,38(52)45-57(54,55)30-16-17-30)44-35(49)31-21-29-24-47(31)37(51)34(40(2,3)4)43-39(53)56-19-11-7-10-18-46(5)32-23-42-48(29)36(50)33(32)27-15-14-25-12-8-9-13-26(25)20-27/h6-9,11-15,20,23,28-31,34H,1,10,16-19,21-22,24H2,2-5H3,(H,43,53)(H,44,49)(H,45,52)/b11-7+/t28?,29-,31+,34-,41?/m1/s1. The van der Waals surface area contributed by atoms with Crippen LogP contribution in [-0.2, 0) is 29.1 Å². The number of rotatable bonds is 7. The Labute approximate surface area is 331 Å². The Hall–Kier alpha value is -5.51. The summed E-state index contributed by atoms with van der Waals surface area (Å²) in [5.41, 5.74) is -1.24. The summed E-state index contributed by atoms with van der Waals surface area (Å²) in [4.78, 5) is 73.9. The van der Waals surface area contributed by atoms with E-state index in [4.69, 9.17) is 4.74 Å². The molecule has 0 radical (unpaired) electrons. The van der Waals surface area contributed by atoms with Crippen molar-refractivity contribution in [2.45, 2.75) is 81.8 Å². The van der Waals surface area contributed by atoms with Crippen LogP contribution in [0.4, 0.5) is 10.5 Å². The second-order valence-corrected chi connectivity index (χ2v) is 18.5. The molecule has 1 aromatic heterocycles. The number of ether oxygens (including phenoxy) is 1. The Morgan fingerprint density at radius 3 is 2.49 bits per heavy atom. The number of anilines is 1. The van der Waals surface area contributed by atoms with Crippen LogP contribution >= 0.6 is 0 Å². The van der Waals surface area contributed by atoms with Crippen LogP contribution in [0.2, 0.25) is 0 Å². The number of fused-ring (bicyclic) bond motifs is 12. The van der Waals surface area contributed by atoms with Gasteiger partial charge in [0.05, 0.1) is 28.7 Å². The van der Waals surface area contributed by atoms with E-state index >= 15 is 0 Å². The van der Waals surface area contributed by atoms with Crippen molar-refractivity contribution in [3.63, 3.8) is 0 Å². The van der Waals surface area contributed by atoms with E-state index < -0.39 is 79.6 Å².